The summed E-state index contributed by atoms with van der Waals surface area (Å²) in [5.74, 6) is 0.654. The van der Waals surface area contributed by atoms with Crippen LogP contribution in [0.5, 0.6) is 5.75 Å². The fraction of sp³-hybridized carbons (Fsp3) is 0.0667. The highest BCUT2D eigenvalue weighted by Crippen LogP contribution is 2.07. The molecule has 0 fully saturated rings. The van der Waals surface area contributed by atoms with Crippen molar-refractivity contribution in [2.45, 2.75) is 0 Å². The molecule has 0 spiro atoms. The third-order valence-electron chi connectivity index (χ3n) is 2.00. The number of benzene rings is 2. The molecule has 0 aliphatic rings. The zero-order valence-electron chi connectivity index (χ0n) is 10.1. The van der Waals surface area contributed by atoms with Gasteiger partial charge in [-0.3, -0.25) is 4.79 Å². The Morgan fingerprint density at radius 1 is 1.05 bits per heavy atom. The molecule has 0 saturated heterocycles. The maximum absolute atomic E-state index is 10.3. The number of ether oxygens (including phenoxy) is 1. The van der Waals surface area contributed by atoms with Crippen molar-refractivity contribution in [2.24, 2.45) is 0 Å². The van der Waals surface area contributed by atoms with E-state index in [9.17, 15) is 4.79 Å². The van der Waals surface area contributed by atoms with Gasteiger partial charge in [-0.2, -0.15) is 5.26 Å². The Labute approximate surface area is 117 Å². The van der Waals surface area contributed by atoms with Crippen LogP contribution < -0.4 is 4.74 Å². The quantitative estimate of drug-likeness (QED) is 0.806. The molecule has 0 N–H and O–H groups in total. The summed E-state index contributed by atoms with van der Waals surface area (Å²) in [5, 5.41) is 7.80. The van der Waals surface area contributed by atoms with Crippen LogP contribution in [0.1, 0.15) is 5.56 Å². The Balaban J connectivity index is 0.000000200. The number of halogens is 1. The topological polar surface area (TPSA) is 50.1 Å². The standard InChI is InChI=1S/C8H7ClO2.C7H5N/c9-8(10)6-11-7-4-2-1-3-5-7;8-6-7-4-2-1-3-5-7/h1-5H,6H2;1-5H. The lowest BCUT2D eigenvalue weighted by atomic mass is 10.2. The summed E-state index contributed by atoms with van der Waals surface area (Å²) in [6, 6.07) is 20.2. The molecular weight excluding hydrogens is 262 g/mol. The van der Waals surface area contributed by atoms with E-state index in [0.717, 1.165) is 0 Å². The molecular formula is C15H12ClNO2. The Bertz CT molecular complexity index is 535. The highest BCUT2D eigenvalue weighted by Gasteiger charge is 1.95. The van der Waals surface area contributed by atoms with E-state index < -0.39 is 5.24 Å². The van der Waals surface area contributed by atoms with Gasteiger partial charge in [-0.1, -0.05) is 36.4 Å². The summed E-state index contributed by atoms with van der Waals surface area (Å²) in [4.78, 5) is 10.3. The maximum Gasteiger partial charge on any atom is 0.259 e. The summed E-state index contributed by atoms with van der Waals surface area (Å²) in [5.41, 5.74) is 0.715. The van der Waals surface area contributed by atoms with Crippen LogP contribution in [0.2, 0.25) is 0 Å². The smallest absolute Gasteiger partial charge is 0.259 e. The lowest BCUT2D eigenvalue weighted by Gasteiger charge is -2.00. The van der Waals surface area contributed by atoms with Gasteiger partial charge < -0.3 is 4.74 Å². The fourth-order valence-corrected chi connectivity index (χ4v) is 1.22. The number of nitriles is 1. The van der Waals surface area contributed by atoms with Crippen molar-refractivity contribution in [2.75, 3.05) is 6.61 Å². The second kappa shape index (κ2) is 8.73. The minimum Gasteiger partial charge on any atom is -0.484 e. The van der Waals surface area contributed by atoms with E-state index in [2.05, 4.69) is 0 Å². The van der Waals surface area contributed by atoms with Gasteiger partial charge in [-0.15, -0.1) is 0 Å². The first-order valence-corrected chi connectivity index (χ1v) is 5.91. The molecule has 0 aromatic heterocycles. The van der Waals surface area contributed by atoms with Gasteiger partial charge in [0.15, 0.2) is 6.61 Å². The van der Waals surface area contributed by atoms with Gasteiger partial charge in [0.05, 0.1) is 11.6 Å². The van der Waals surface area contributed by atoms with Crippen molar-refractivity contribution >= 4 is 16.8 Å². The first-order chi connectivity index (χ1) is 9.22. The number of carbonyl (C=O) groups excluding carboxylic acids is 1. The average Bonchev–Trinajstić information content (AvgIpc) is 2.48. The van der Waals surface area contributed by atoms with Crippen LogP contribution in [-0.2, 0) is 4.79 Å². The molecule has 0 aliphatic heterocycles. The molecule has 0 radical (unpaired) electrons. The summed E-state index contributed by atoms with van der Waals surface area (Å²) in [6.45, 7) is -0.0778. The number of hydrogen-bond acceptors (Lipinski definition) is 3. The number of para-hydroxylation sites is 1. The summed E-state index contributed by atoms with van der Waals surface area (Å²) in [6.07, 6.45) is 0. The molecule has 0 aliphatic carbocycles. The van der Waals surface area contributed by atoms with Crippen LogP contribution >= 0.6 is 11.6 Å². The average molecular weight is 274 g/mol. The van der Waals surface area contributed by atoms with Crippen LogP contribution in [0.15, 0.2) is 60.7 Å². The highest BCUT2D eigenvalue weighted by molar-refractivity contribution is 6.63. The normalized spacial score (nSPS) is 8.63. The van der Waals surface area contributed by atoms with Crippen LogP contribution in [-0.4, -0.2) is 11.8 Å². The molecule has 2 rings (SSSR count). The van der Waals surface area contributed by atoms with Crippen molar-refractivity contribution < 1.29 is 9.53 Å². The number of hydrogen-bond donors (Lipinski definition) is 0. The summed E-state index contributed by atoms with van der Waals surface area (Å²) < 4.78 is 4.99. The maximum atomic E-state index is 10.3. The van der Waals surface area contributed by atoms with E-state index in [-0.39, 0.29) is 6.61 Å². The fourth-order valence-electron chi connectivity index (χ4n) is 1.17. The first-order valence-electron chi connectivity index (χ1n) is 5.53. The minimum absolute atomic E-state index is 0.0778. The van der Waals surface area contributed by atoms with Crippen LogP contribution in [0.3, 0.4) is 0 Å². The minimum atomic E-state index is -0.492. The molecule has 0 unspecified atom stereocenters. The third kappa shape index (κ3) is 6.87. The zero-order chi connectivity index (χ0) is 13.9. The molecule has 0 bridgehead atoms. The van der Waals surface area contributed by atoms with Gasteiger partial charge in [-0.25, -0.2) is 0 Å². The van der Waals surface area contributed by atoms with E-state index in [1.54, 1.807) is 24.3 Å². The number of rotatable bonds is 3. The summed E-state index contributed by atoms with van der Waals surface area (Å²) in [7, 11) is 0. The van der Waals surface area contributed by atoms with Crippen molar-refractivity contribution in [3.05, 3.63) is 66.2 Å². The van der Waals surface area contributed by atoms with Crippen LogP contribution in [0.4, 0.5) is 0 Å². The molecule has 96 valence electrons. The highest BCUT2D eigenvalue weighted by atomic mass is 35.5. The number of carbonyl (C=O) groups is 1. The molecule has 0 heterocycles. The predicted octanol–water partition coefficient (Wildman–Crippen LogP) is 3.39. The zero-order valence-corrected chi connectivity index (χ0v) is 10.9. The monoisotopic (exact) mass is 273 g/mol. The van der Waals surface area contributed by atoms with Gasteiger partial charge in [0.25, 0.3) is 5.24 Å². The van der Waals surface area contributed by atoms with Crippen LogP contribution in [0, 0.1) is 11.3 Å². The number of nitrogens with zero attached hydrogens (tertiary/aromatic N) is 1. The van der Waals surface area contributed by atoms with Gasteiger partial charge in [0, 0.05) is 0 Å². The van der Waals surface area contributed by atoms with E-state index in [0.29, 0.717) is 11.3 Å². The second-order valence-corrected chi connectivity index (χ2v) is 3.86. The predicted molar refractivity (Wildman–Crippen MR) is 74.0 cm³/mol. The van der Waals surface area contributed by atoms with Crippen LogP contribution in [0.25, 0.3) is 0 Å². The molecule has 0 amide bonds. The lowest BCUT2D eigenvalue weighted by Crippen LogP contribution is -2.03. The van der Waals surface area contributed by atoms with Crippen molar-refractivity contribution in [3.63, 3.8) is 0 Å². The Morgan fingerprint density at radius 3 is 2.00 bits per heavy atom. The van der Waals surface area contributed by atoms with Gasteiger partial charge >= 0.3 is 0 Å². The summed E-state index contributed by atoms with van der Waals surface area (Å²) >= 11 is 5.06. The molecule has 0 saturated carbocycles. The lowest BCUT2D eigenvalue weighted by molar-refractivity contribution is -0.113. The van der Waals surface area contributed by atoms with E-state index in [1.165, 1.54) is 0 Å². The Morgan fingerprint density at radius 2 is 1.58 bits per heavy atom. The molecule has 4 heteroatoms. The largest absolute Gasteiger partial charge is 0.484 e. The van der Waals surface area contributed by atoms with Crippen molar-refractivity contribution in [1.82, 2.24) is 0 Å². The third-order valence-corrected chi connectivity index (χ3v) is 2.11. The van der Waals surface area contributed by atoms with Gasteiger partial charge in [0.2, 0.25) is 0 Å². The molecule has 0 atom stereocenters. The van der Waals surface area contributed by atoms with Gasteiger partial charge in [0.1, 0.15) is 5.75 Å². The Hall–Kier alpha value is -2.31. The van der Waals surface area contributed by atoms with Gasteiger partial charge in [-0.05, 0) is 35.9 Å². The van der Waals surface area contributed by atoms with Crippen molar-refractivity contribution in [1.29, 1.82) is 5.26 Å². The van der Waals surface area contributed by atoms with E-state index in [4.69, 9.17) is 21.6 Å². The second-order valence-electron chi connectivity index (χ2n) is 3.43. The van der Waals surface area contributed by atoms with E-state index in [1.807, 2.05) is 42.5 Å². The molecule has 3 nitrogen and oxygen atoms in total. The van der Waals surface area contributed by atoms with Crippen molar-refractivity contribution in [3.8, 4) is 11.8 Å². The van der Waals surface area contributed by atoms with E-state index >= 15 is 0 Å². The molecule has 2 aromatic carbocycles. The first kappa shape index (κ1) is 14.7. The molecule has 2 aromatic rings. The Kier molecular flexibility index (Phi) is 6.78. The SMILES string of the molecule is N#Cc1ccccc1.O=C(Cl)COc1ccccc1. The molecule has 19 heavy (non-hydrogen) atoms.